The summed E-state index contributed by atoms with van der Waals surface area (Å²) in [5.74, 6) is -0.909. The third-order valence-electron chi connectivity index (χ3n) is 5.83. The smallest absolute Gasteiger partial charge is 0.345 e. The first-order chi connectivity index (χ1) is 19.2. The van der Waals surface area contributed by atoms with Crippen molar-refractivity contribution < 1.29 is 14.3 Å². The molecule has 0 spiro atoms. The Kier molecular flexibility index (Phi) is 8.96. The van der Waals surface area contributed by atoms with Gasteiger partial charge in [-0.15, -0.1) is 0 Å². The van der Waals surface area contributed by atoms with Crippen molar-refractivity contribution in [3.63, 3.8) is 0 Å². The van der Waals surface area contributed by atoms with Gasteiger partial charge < -0.3 is 9.72 Å². The van der Waals surface area contributed by atoms with Gasteiger partial charge in [-0.1, -0.05) is 81.6 Å². The number of hydrazone groups is 1. The third-order valence-corrected chi connectivity index (χ3v) is 8.32. The average Bonchev–Trinajstić information content (AvgIpc) is 3.32. The zero-order valence-corrected chi connectivity index (χ0v) is 27.0. The lowest BCUT2D eigenvalue weighted by atomic mass is 10.0. The van der Waals surface area contributed by atoms with Gasteiger partial charge in [0.1, 0.15) is 5.69 Å². The third kappa shape index (κ3) is 6.13. The molecule has 0 atom stereocenters. The van der Waals surface area contributed by atoms with Crippen LogP contribution in [0.2, 0.25) is 10.0 Å². The van der Waals surface area contributed by atoms with Crippen LogP contribution in [0.25, 0.3) is 22.0 Å². The van der Waals surface area contributed by atoms with Crippen LogP contribution in [-0.4, -0.2) is 23.1 Å². The van der Waals surface area contributed by atoms with E-state index in [-0.39, 0.29) is 16.3 Å². The molecule has 1 amide bonds. The zero-order valence-electron chi connectivity index (χ0n) is 20.1. The second kappa shape index (κ2) is 12.4. The van der Waals surface area contributed by atoms with Crippen LogP contribution in [0.5, 0.6) is 5.75 Å². The van der Waals surface area contributed by atoms with Crippen molar-refractivity contribution in [1.82, 2.24) is 10.4 Å². The molecule has 0 aliphatic carbocycles. The lowest BCUT2D eigenvalue weighted by molar-refractivity contribution is 0.0733. The minimum absolute atomic E-state index is 0.152. The summed E-state index contributed by atoms with van der Waals surface area (Å²) in [5, 5.41) is 5.66. The van der Waals surface area contributed by atoms with Gasteiger partial charge in [-0.05, 0) is 80.5 Å². The molecule has 200 valence electrons. The van der Waals surface area contributed by atoms with Crippen LogP contribution in [0.4, 0.5) is 0 Å². The first-order valence-corrected chi connectivity index (χ1v) is 15.0. The largest absolute Gasteiger partial charge is 0.421 e. The number of halogens is 5. The van der Waals surface area contributed by atoms with Crippen molar-refractivity contribution in [3.05, 3.63) is 118 Å². The van der Waals surface area contributed by atoms with Crippen LogP contribution in [0.1, 0.15) is 26.4 Å². The number of nitrogens with one attached hydrogen (secondary N) is 2. The first kappa shape index (κ1) is 28.8. The molecular formula is C29H16Br2Cl2IN3O3. The number of para-hydroxylation sites is 1. The van der Waals surface area contributed by atoms with Crippen LogP contribution < -0.4 is 10.2 Å². The molecule has 0 bridgehead atoms. The molecule has 40 heavy (non-hydrogen) atoms. The Morgan fingerprint density at radius 1 is 0.975 bits per heavy atom. The predicted molar refractivity (Wildman–Crippen MR) is 175 cm³/mol. The van der Waals surface area contributed by atoms with E-state index < -0.39 is 11.9 Å². The highest BCUT2D eigenvalue weighted by Crippen LogP contribution is 2.35. The van der Waals surface area contributed by atoms with Crippen LogP contribution in [0, 0.1) is 3.57 Å². The number of fused-ring (bicyclic) bond motifs is 1. The summed E-state index contributed by atoms with van der Waals surface area (Å²) < 4.78 is 7.84. The Hall–Kier alpha value is -2.70. The number of H-pyrrole nitrogens is 1. The summed E-state index contributed by atoms with van der Waals surface area (Å²) in [6.07, 6.45) is 1.40. The van der Waals surface area contributed by atoms with Gasteiger partial charge in [0.05, 0.1) is 26.8 Å². The lowest BCUT2D eigenvalue weighted by Gasteiger charge is -2.11. The van der Waals surface area contributed by atoms with Gasteiger partial charge in [-0.3, -0.25) is 4.79 Å². The number of aromatic amines is 1. The summed E-state index contributed by atoms with van der Waals surface area (Å²) in [4.78, 5) is 29.5. The molecule has 0 aliphatic heterocycles. The Bertz CT molecular complexity index is 1810. The normalized spacial score (nSPS) is 11.2. The molecular weight excluding hydrogens is 796 g/mol. The topological polar surface area (TPSA) is 83.5 Å². The molecule has 1 heterocycles. The summed E-state index contributed by atoms with van der Waals surface area (Å²) in [6, 6.07) is 23.5. The van der Waals surface area contributed by atoms with Gasteiger partial charge in [0.25, 0.3) is 5.91 Å². The highest BCUT2D eigenvalue weighted by molar-refractivity contribution is 14.1. The second-order valence-electron chi connectivity index (χ2n) is 8.42. The fourth-order valence-electron chi connectivity index (χ4n) is 4.06. The van der Waals surface area contributed by atoms with Gasteiger partial charge in [-0.2, -0.15) is 5.10 Å². The Labute approximate surface area is 269 Å². The Balaban J connectivity index is 1.45. The van der Waals surface area contributed by atoms with Crippen molar-refractivity contribution in [1.29, 1.82) is 0 Å². The maximum absolute atomic E-state index is 13.4. The van der Waals surface area contributed by atoms with E-state index in [4.69, 9.17) is 27.9 Å². The van der Waals surface area contributed by atoms with Gasteiger partial charge in [0.15, 0.2) is 5.75 Å². The highest BCUT2D eigenvalue weighted by atomic mass is 127. The molecule has 5 aromatic rings. The van der Waals surface area contributed by atoms with Crippen molar-refractivity contribution in [2.75, 3.05) is 0 Å². The number of hydrogen-bond acceptors (Lipinski definition) is 4. The number of aromatic nitrogens is 1. The molecule has 0 unspecified atom stereocenters. The minimum Gasteiger partial charge on any atom is -0.421 e. The number of rotatable bonds is 6. The fourth-order valence-corrected chi connectivity index (χ4v) is 6.52. The van der Waals surface area contributed by atoms with Gasteiger partial charge in [0.2, 0.25) is 0 Å². The molecule has 5 rings (SSSR count). The highest BCUT2D eigenvalue weighted by Gasteiger charge is 2.21. The molecule has 0 radical (unpaired) electrons. The van der Waals surface area contributed by atoms with E-state index in [2.05, 4.69) is 70.0 Å². The number of benzene rings is 4. The van der Waals surface area contributed by atoms with Crippen molar-refractivity contribution in [2.24, 2.45) is 5.10 Å². The standard InChI is InChI=1S/C29H16Br2Cl2IN3O3/c30-17-11-16(27(21(31)12-17)40-29(39)19-10-9-18(32)13-22(19)33)14-35-37-28(38)26-24(15-5-2-1-3-6-15)20-7-4-8-23(34)25(20)36-26/h1-14,36H,(H,37,38). The lowest BCUT2D eigenvalue weighted by Crippen LogP contribution is -2.19. The number of ether oxygens (including phenoxy) is 1. The Morgan fingerprint density at radius 2 is 1.75 bits per heavy atom. The summed E-state index contributed by atoms with van der Waals surface area (Å²) in [7, 11) is 0. The average molecular weight is 812 g/mol. The van der Waals surface area contributed by atoms with Gasteiger partial charge in [-0.25, -0.2) is 10.2 Å². The van der Waals surface area contributed by atoms with E-state index >= 15 is 0 Å². The van der Waals surface area contributed by atoms with E-state index in [1.165, 1.54) is 18.3 Å². The zero-order chi connectivity index (χ0) is 28.4. The number of carbonyl (C=O) groups is 2. The number of nitrogens with zero attached hydrogens (tertiary/aromatic N) is 1. The number of carbonyl (C=O) groups excluding carboxylic acids is 2. The van der Waals surface area contributed by atoms with Crippen molar-refractivity contribution in [2.45, 2.75) is 0 Å². The van der Waals surface area contributed by atoms with Gasteiger partial charge in [0, 0.05) is 29.6 Å². The number of amides is 1. The molecule has 6 nitrogen and oxygen atoms in total. The predicted octanol–water partition coefficient (Wildman–Crippen LogP) is 9.25. The van der Waals surface area contributed by atoms with Crippen LogP contribution in [0.3, 0.4) is 0 Å². The molecule has 0 saturated carbocycles. The van der Waals surface area contributed by atoms with E-state index in [1.807, 2.05) is 48.5 Å². The number of esters is 1. The van der Waals surface area contributed by atoms with Gasteiger partial charge >= 0.3 is 5.97 Å². The van der Waals surface area contributed by atoms with Crippen LogP contribution >= 0.6 is 77.7 Å². The molecule has 0 aliphatic rings. The number of hydrogen-bond donors (Lipinski definition) is 2. The quantitative estimate of drug-likeness (QED) is 0.0590. The molecule has 2 N–H and O–H groups in total. The maximum Gasteiger partial charge on any atom is 0.345 e. The van der Waals surface area contributed by atoms with E-state index in [0.29, 0.717) is 25.2 Å². The fraction of sp³-hybridized carbons (Fsp3) is 0. The van der Waals surface area contributed by atoms with E-state index in [9.17, 15) is 9.59 Å². The summed E-state index contributed by atoms with van der Waals surface area (Å²) in [6.45, 7) is 0. The Morgan fingerprint density at radius 3 is 2.50 bits per heavy atom. The van der Waals surface area contributed by atoms with Crippen LogP contribution in [-0.2, 0) is 0 Å². The van der Waals surface area contributed by atoms with Crippen molar-refractivity contribution in [3.8, 4) is 16.9 Å². The maximum atomic E-state index is 13.4. The SMILES string of the molecule is O=C(Oc1c(Br)cc(Br)cc1C=NNC(=O)c1[nH]c2c(I)cccc2c1-c1ccccc1)c1ccc(Cl)cc1Cl. The molecule has 1 aromatic heterocycles. The second-order valence-corrected chi connectivity index (χ2v) is 12.2. The molecule has 11 heteroatoms. The molecule has 4 aromatic carbocycles. The van der Waals surface area contributed by atoms with Crippen molar-refractivity contribution >= 4 is 107 Å². The molecule has 0 fully saturated rings. The van der Waals surface area contributed by atoms with E-state index in [1.54, 1.807) is 18.2 Å². The van der Waals surface area contributed by atoms with E-state index in [0.717, 1.165) is 25.6 Å². The monoisotopic (exact) mass is 809 g/mol. The molecule has 0 saturated heterocycles. The summed E-state index contributed by atoms with van der Waals surface area (Å²) in [5.41, 5.74) is 6.09. The minimum atomic E-state index is -0.677. The first-order valence-electron chi connectivity index (χ1n) is 11.6. The van der Waals surface area contributed by atoms with Crippen LogP contribution in [0.15, 0.2) is 92.9 Å². The summed E-state index contributed by atoms with van der Waals surface area (Å²) >= 11 is 21.2.